The van der Waals surface area contributed by atoms with Crippen molar-refractivity contribution in [3.8, 4) is 0 Å². The predicted octanol–water partition coefficient (Wildman–Crippen LogP) is 0.980. The smallest absolute Gasteiger partial charge is 0.272 e. The Morgan fingerprint density at radius 2 is 2.41 bits per heavy atom. The van der Waals surface area contributed by atoms with Gasteiger partial charge in [-0.2, -0.15) is 0 Å². The molecule has 1 atom stereocenters. The van der Waals surface area contributed by atoms with Crippen molar-refractivity contribution in [2.75, 3.05) is 19.7 Å². The molecule has 0 spiro atoms. The lowest BCUT2D eigenvalue weighted by Crippen LogP contribution is -2.46. The predicted molar refractivity (Wildman–Crippen MR) is 63.9 cm³/mol. The SMILES string of the molecule is CCC1CN(C(=O)c2c(C)ncn2C)CCO1. The lowest BCUT2D eigenvalue weighted by atomic mass is 10.2. The first-order chi connectivity index (χ1) is 8.13. The molecule has 0 aliphatic carbocycles. The molecule has 1 unspecified atom stereocenters. The molecular weight excluding hydrogens is 218 g/mol. The third kappa shape index (κ3) is 2.34. The average Bonchev–Trinajstić information content (AvgIpc) is 2.68. The van der Waals surface area contributed by atoms with Gasteiger partial charge in [0.2, 0.25) is 0 Å². The summed E-state index contributed by atoms with van der Waals surface area (Å²) in [6.07, 6.45) is 2.79. The van der Waals surface area contributed by atoms with E-state index < -0.39 is 0 Å². The molecule has 0 aromatic carbocycles. The van der Waals surface area contributed by atoms with E-state index in [1.165, 1.54) is 0 Å². The second-order valence-electron chi connectivity index (χ2n) is 4.44. The molecule has 1 fully saturated rings. The van der Waals surface area contributed by atoms with E-state index in [2.05, 4.69) is 11.9 Å². The summed E-state index contributed by atoms with van der Waals surface area (Å²) in [6.45, 7) is 5.92. The molecule has 1 aliphatic rings. The average molecular weight is 237 g/mol. The van der Waals surface area contributed by atoms with Crippen molar-refractivity contribution in [1.29, 1.82) is 0 Å². The number of amides is 1. The van der Waals surface area contributed by atoms with Crippen LogP contribution in [0.25, 0.3) is 0 Å². The van der Waals surface area contributed by atoms with E-state index in [9.17, 15) is 4.79 Å². The fraction of sp³-hybridized carbons (Fsp3) is 0.667. The van der Waals surface area contributed by atoms with Gasteiger partial charge in [-0.15, -0.1) is 0 Å². The molecule has 5 heteroatoms. The normalized spacial score (nSPS) is 20.6. The Bertz CT molecular complexity index is 394. The molecule has 0 bridgehead atoms. The minimum atomic E-state index is 0.0595. The summed E-state index contributed by atoms with van der Waals surface area (Å²) in [5.41, 5.74) is 1.47. The minimum Gasteiger partial charge on any atom is -0.375 e. The van der Waals surface area contributed by atoms with Crippen LogP contribution in [0.5, 0.6) is 0 Å². The standard InChI is InChI=1S/C12H19N3O2/c1-4-10-7-15(5-6-17-10)12(16)11-9(2)13-8-14(11)3/h8,10H,4-7H2,1-3H3. The van der Waals surface area contributed by atoms with E-state index in [-0.39, 0.29) is 12.0 Å². The topological polar surface area (TPSA) is 47.4 Å². The molecule has 5 nitrogen and oxygen atoms in total. The van der Waals surface area contributed by atoms with Gasteiger partial charge in [0.05, 0.1) is 24.7 Å². The van der Waals surface area contributed by atoms with Crippen molar-refractivity contribution in [2.24, 2.45) is 7.05 Å². The molecule has 0 saturated carbocycles. The number of aryl methyl sites for hydroxylation is 2. The van der Waals surface area contributed by atoms with Crippen LogP contribution < -0.4 is 0 Å². The van der Waals surface area contributed by atoms with Crippen LogP contribution in [0.15, 0.2) is 6.33 Å². The molecule has 1 aromatic heterocycles. The second kappa shape index (κ2) is 4.87. The molecule has 2 heterocycles. The van der Waals surface area contributed by atoms with Gasteiger partial charge in [-0.05, 0) is 13.3 Å². The number of nitrogens with zero attached hydrogens (tertiary/aromatic N) is 3. The van der Waals surface area contributed by atoms with Gasteiger partial charge >= 0.3 is 0 Å². The van der Waals surface area contributed by atoms with E-state index in [0.29, 0.717) is 25.4 Å². The van der Waals surface area contributed by atoms with Crippen LogP contribution in [0.4, 0.5) is 0 Å². The molecule has 1 saturated heterocycles. The number of imidazole rings is 1. The first-order valence-electron chi connectivity index (χ1n) is 6.02. The third-order valence-electron chi connectivity index (χ3n) is 3.20. The summed E-state index contributed by atoms with van der Waals surface area (Å²) in [6, 6.07) is 0. The number of morpholine rings is 1. The van der Waals surface area contributed by atoms with Gasteiger partial charge in [0.15, 0.2) is 0 Å². The van der Waals surface area contributed by atoms with Crippen molar-refractivity contribution >= 4 is 5.91 Å². The van der Waals surface area contributed by atoms with E-state index in [1.54, 1.807) is 10.9 Å². The summed E-state index contributed by atoms with van der Waals surface area (Å²) in [7, 11) is 1.85. The number of carbonyl (C=O) groups excluding carboxylic acids is 1. The number of aromatic nitrogens is 2. The number of hydrogen-bond donors (Lipinski definition) is 0. The zero-order valence-corrected chi connectivity index (χ0v) is 10.6. The van der Waals surface area contributed by atoms with Crippen molar-refractivity contribution in [3.63, 3.8) is 0 Å². The van der Waals surface area contributed by atoms with Crippen LogP contribution >= 0.6 is 0 Å². The molecule has 94 valence electrons. The lowest BCUT2D eigenvalue weighted by molar-refractivity contribution is -0.0229. The van der Waals surface area contributed by atoms with Gasteiger partial charge in [-0.3, -0.25) is 4.79 Å². The number of rotatable bonds is 2. The zero-order chi connectivity index (χ0) is 12.4. The highest BCUT2D eigenvalue weighted by Gasteiger charge is 2.26. The first kappa shape index (κ1) is 12.1. The monoisotopic (exact) mass is 237 g/mol. The van der Waals surface area contributed by atoms with Crippen LogP contribution in [-0.2, 0) is 11.8 Å². The number of ether oxygens (including phenoxy) is 1. The Morgan fingerprint density at radius 3 is 3.00 bits per heavy atom. The molecule has 0 N–H and O–H groups in total. The van der Waals surface area contributed by atoms with E-state index in [4.69, 9.17) is 4.74 Å². The van der Waals surface area contributed by atoms with E-state index in [1.807, 2.05) is 18.9 Å². The van der Waals surface area contributed by atoms with Gasteiger partial charge in [-0.1, -0.05) is 6.92 Å². The van der Waals surface area contributed by atoms with Gasteiger partial charge in [0.1, 0.15) is 5.69 Å². The Labute approximate surface area is 101 Å². The molecule has 1 aliphatic heterocycles. The summed E-state index contributed by atoms with van der Waals surface area (Å²) < 4.78 is 7.35. The fourth-order valence-electron chi connectivity index (χ4n) is 2.15. The Balaban J connectivity index is 2.15. The molecule has 0 radical (unpaired) electrons. The van der Waals surface area contributed by atoms with Crippen LogP contribution in [0.1, 0.15) is 29.5 Å². The van der Waals surface area contributed by atoms with Crippen LogP contribution in [0.3, 0.4) is 0 Å². The molecular formula is C12H19N3O2. The highest BCUT2D eigenvalue weighted by atomic mass is 16.5. The Morgan fingerprint density at radius 1 is 1.65 bits per heavy atom. The number of hydrogen-bond acceptors (Lipinski definition) is 3. The van der Waals surface area contributed by atoms with E-state index >= 15 is 0 Å². The van der Waals surface area contributed by atoms with Crippen molar-refractivity contribution in [2.45, 2.75) is 26.4 Å². The van der Waals surface area contributed by atoms with Gasteiger partial charge in [0.25, 0.3) is 5.91 Å². The maximum atomic E-state index is 12.4. The van der Waals surface area contributed by atoms with Crippen molar-refractivity contribution < 1.29 is 9.53 Å². The highest BCUT2D eigenvalue weighted by Crippen LogP contribution is 2.14. The largest absolute Gasteiger partial charge is 0.375 e. The zero-order valence-electron chi connectivity index (χ0n) is 10.6. The lowest BCUT2D eigenvalue weighted by Gasteiger charge is -2.32. The molecule has 1 amide bonds. The maximum Gasteiger partial charge on any atom is 0.272 e. The molecule has 2 rings (SSSR count). The van der Waals surface area contributed by atoms with Crippen LogP contribution in [0, 0.1) is 6.92 Å². The third-order valence-corrected chi connectivity index (χ3v) is 3.20. The summed E-state index contributed by atoms with van der Waals surface area (Å²) >= 11 is 0. The second-order valence-corrected chi connectivity index (χ2v) is 4.44. The van der Waals surface area contributed by atoms with Crippen LogP contribution in [0.2, 0.25) is 0 Å². The molecule has 17 heavy (non-hydrogen) atoms. The van der Waals surface area contributed by atoms with Gasteiger partial charge in [-0.25, -0.2) is 4.98 Å². The van der Waals surface area contributed by atoms with Crippen molar-refractivity contribution in [3.05, 3.63) is 17.7 Å². The first-order valence-corrected chi connectivity index (χ1v) is 6.02. The molecule has 1 aromatic rings. The fourth-order valence-corrected chi connectivity index (χ4v) is 2.15. The summed E-state index contributed by atoms with van der Waals surface area (Å²) in [5, 5.41) is 0. The number of carbonyl (C=O) groups is 1. The van der Waals surface area contributed by atoms with Crippen molar-refractivity contribution in [1.82, 2.24) is 14.5 Å². The summed E-state index contributed by atoms with van der Waals surface area (Å²) in [5.74, 6) is 0.0595. The maximum absolute atomic E-state index is 12.4. The van der Waals surface area contributed by atoms with E-state index in [0.717, 1.165) is 12.1 Å². The minimum absolute atomic E-state index is 0.0595. The summed E-state index contributed by atoms with van der Waals surface area (Å²) in [4.78, 5) is 18.4. The Hall–Kier alpha value is -1.36. The van der Waals surface area contributed by atoms with Gasteiger partial charge < -0.3 is 14.2 Å². The quantitative estimate of drug-likeness (QED) is 0.770. The van der Waals surface area contributed by atoms with Gasteiger partial charge in [0, 0.05) is 20.1 Å². The highest BCUT2D eigenvalue weighted by molar-refractivity contribution is 5.93. The Kier molecular flexibility index (Phi) is 3.47. The van der Waals surface area contributed by atoms with Crippen LogP contribution in [-0.4, -0.2) is 46.2 Å².